The Balaban J connectivity index is 2.80. The maximum atomic E-state index is 10.3. The zero-order chi connectivity index (χ0) is 3.58. The monoisotopic (exact) mass is 132 g/mol. The Morgan fingerprint density at radius 3 is 1.50 bits per heavy atom. The summed E-state index contributed by atoms with van der Waals surface area (Å²) >= 11 is -3.29. The van der Waals surface area contributed by atoms with E-state index < -0.39 is 14.4 Å². The first kappa shape index (κ1) is 4.25. The van der Waals surface area contributed by atoms with Crippen LogP contribution >= 0.6 is 0 Å². The van der Waals surface area contributed by atoms with Crippen molar-refractivity contribution < 1.29 is 7.10 Å². The number of hydrogen-bond donors (Lipinski definition) is 0. The summed E-state index contributed by atoms with van der Waals surface area (Å²) in [6, 6.07) is 0. The van der Waals surface area contributed by atoms with Crippen LogP contribution in [-0.4, -0.2) is 19.8 Å². The molecule has 0 aromatic rings. The van der Waals surface area contributed by atoms with Crippen molar-refractivity contribution in [1.82, 2.24) is 0 Å². The Hall–Kier alpha value is 0.249. The SMILES string of the molecule is C=[Se](F)F. The molecule has 3 heteroatoms. The van der Waals surface area contributed by atoms with Gasteiger partial charge >= 0.3 is 26.9 Å². The van der Waals surface area contributed by atoms with Gasteiger partial charge in [-0.15, -0.1) is 0 Å². The molecule has 0 rings (SSSR count). The Morgan fingerprint density at radius 2 is 1.50 bits per heavy atom. The van der Waals surface area contributed by atoms with Crippen molar-refractivity contribution in [3.05, 3.63) is 0 Å². The van der Waals surface area contributed by atoms with Crippen LogP contribution in [0.1, 0.15) is 0 Å². The molecule has 0 unspecified atom stereocenters. The Labute approximate surface area is 27.8 Å². The summed E-state index contributed by atoms with van der Waals surface area (Å²) in [4.78, 5) is 0. The molecule has 0 aliphatic carbocycles. The van der Waals surface area contributed by atoms with Gasteiger partial charge in [0.2, 0.25) is 0 Å². The van der Waals surface area contributed by atoms with E-state index >= 15 is 0 Å². The van der Waals surface area contributed by atoms with Crippen LogP contribution in [0.15, 0.2) is 0 Å². The van der Waals surface area contributed by atoms with Gasteiger partial charge in [-0.25, -0.2) is 0 Å². The summed E-state index contributed by atoms with van der Waals surface area (Å²) in [5.41, 5.74) is 2.43. The molecule has 0 radical (unpaired) electrons. The molecular weight excluding hydrogens is 129 g/mol. The minimum absolute atomic E-state index is 2.43. The number of hydrogen-bond acceptors (Lipinski definition) is 0. The molecule has 0 atom stereocenters. The van der Waals surface area contributed by atoms with Gasteiger partial charge in [0.05, 0.1) is 0 Å². The molecule has 0 aliphatic heterocycles. The zero-order valence-corrected chi connectivity index (χ0v) is 3.58. The molecule has 0 bridgehead atoms. The van der Waals surface area contributed by atoms with E-state index in [0.717, 1.165) is 0 Å². The third kappa shape index (κ3) is 56.4. The van der Waals surface area contributed by atoms with E-state index in [2.05, 4.69) is 5.42 Å². The van der Waals surface area contributed by atoms with E-state index in [1.807, 2.05) is 0 Å². The number of halogens is 2. The van der Waals surface area contributed by atoms with Crippen molar-refractivity contribution in [2.45, 2.75) is 0 Å². The molecule has 26 valence electrons. The summed E-state index contributed by atoms with van der Waals surface area (Å²) in [6.07, 6.45) is 0. The van der Waals surface area contributed by atoms with Crippen LogP contribution in [0.25, 0.3) is 0 Å². The summed E-state index contributed by atoms with van der Waals surface area (Å²) in [5, 5.41) is 0. The van der Waals surface area contributed by atoms with Crippen LogP contribution in [0, 0.1) is 0 Å². The van der Waals surface area contributed by atoms with E-state index in [4.69, 9.17) is 0 Å². The molecule has 0 heterocycles. The number of rotatable bonds is 0. The predicted molar refractivity (Wildman–Crippen MR) is 15.1 cm³/mol. The molecule has 0 nitrogen and oxygen atoms in total. The molecule has 0 aromatic carbocycles. The van der Waals surface area contributed by atoms with Crippen LogP contribution < -0.4 is 0 Å². The maximum absolute atomic E-state index is 10.3. The molecular formula is CH2F2Se. The van der Waals surface area contributed by atoms with Gasteiger partial charge in [0, 0.05) is 0 Å². The molecule has 0 saturated carbocycles. The zero-order valence-electron chi connectivity index (χ0n) is 1.87. The van der Waals surface area contributed by atoms with Crippen molar-refractivity contribution in [2.24, 2.45) is 0 Å². The van der Waals surface area contributed by atoms with E-state index in [0.29, 0.717) is 0 Å². The predicted octanol–water partition coefficient (Wildman–Crippen LogP) is 0.427. The first-order valence-corrected chi connectivity index (χ1v) is 3.10. The van der Waals surface area contributed by atoms with Gasteiger partial charge in [-0.2, -0.15) is 0 Å². The van der Waals surface area contributed by atoms with E-state index in [1.54, 1.807) is 0 Å². The fourth-order valence-corrected chi connectivity index (χ4v) is 0. The van der Waals surface area contributed by atoms with E-state index in [-0.39, 0.29) is 0 Å². The Kier molecular flexibility index (Phi) is 1.65. The summed E-state index contributed by atoms with van der Waals surface area (Å²) in [7, 11) is 0. The second-order valence-corrected chi connectivity index (χ2v) is 1.44. The Bertz CT molecular complexity index is 29.0. The van der Waals surface area contributed by atoms with Crippen molar-refractivity contribution in [3.63, 3.8) is 0 Å². The summed E-state index contributed by atoms with van der Waals surface area (Å²) in [6.45, 7) is 0. The third-order valence-electron chi connectivity index (χ3n) is 0. The molecule has 0 saturated heterocycles. The van der Waals surface area contributed by atoms with Crippen LogP contribution in [0.5, 0.6) is 0 Å². The van der Waals surface area contributed by atoms with Crippen molar-refractivity contribution >= 4 is 19.8 Å². The van der Waals surface area contributed by atoms with Crippen molar-refractivity contribution in [2.75, 3.05) is 0 Å². The van der Waals surface area contributed by atoms with Crippen LogP contribution in [0.4, 0.5) is 7.10 Å². The first-order valence-electron chi connectivity index (χ1n) is 0.597. The molecule has 0 aliphatic rings. The van der Waals surface area contributed by atoms with Gasteiger partial charge in [0.1, 0.15) is 0 Å². The van der Waals surface area contributed by atoms with Gasteiger partial charge in [-0.05, 0) is 0 Å². The average Bonchev–Trinajstić information content (AvgIpc) is 0.811. The van der Waals surface area contributed by atoms with Gasteiger partial charge in [-0.3, -0.25) is 0 Å². The molecule has 0 N–H and O–H groups in total. The summed E-state index contributed by atoms with van der Waals surface area (Å²) in [5.74, 6) is 0. The normalized spacial score (nSPS) is 8.75. The molecule has 0 fully saturated rings. The third-order valence-corrected chi connectivity index (χ3v) is 0. The molecule has 0 spiro atoms. The molecule has 0 amide bonds. The van der Waals surface area contributed by atoms with Gasteiger partial charge < -0.3 is 0 Å². The fraction of sp³-hybridized carbons (Fsp3) is 0. The average molecular weight is 131 g/mol. The molecule has 0 aromatic heterocycles. The van der Waals surface area contributed by atoms with Gasteiger partial charge in [-0.1, -0.05) is 0 Å². The van der Waals surface area contributed by atoms with Crippen molar-refractivity contribution in [3.8, 4) is 0 Å². The topological polar surface area (TPSA) is 0 Å². The minimum atomic E-state index is -3.29. The second-order valence-electron chi connectivity index (χ2n) is 0.277. The molecule has 4 heavy (non-hydrogen) atoms. The standard InChI is InChI=1S/CH2F2Se/c1-4(2)3/h1H2. The van der Waals surface area contributed by atoms with Crippen molar-refractivity contribution in [1.29, 1.82) is 0 Å². The first-order chi connectivity index (χ1) is 1.73. The quantitative estimate of drug-likeness (QED) is 0.418. The fourth-order valence-electron chi connectivity index (χ4n) is 0. The van der Waals surface area contributed by atoms with Crippen LogP contribution in [0.3, 0.4) is 0 Å². The second kappa shape index (κ2) is 1.56. The van der Waals surface area contributed by atoms with Gasteiger partial charge in [0.15, 0.2) is 0 Å². The van der Waals surface area contributed by atoms with E-state index in [1.165, 1.54) is 0 Å². The van der Waals surface area contributed by atoms with E-state index in [9.17, 15) is 7.10 Å². The Morgan fingerprint density at radius 1 is 1.50 bits per heavy atom. The van der Waals surface area contributed by atoms with Gasteiger partial charge in [0.25, 0.3) is 0 Å². The van der Waals surface area contributed by atoms with Crippen LogP contribution in [0.2, 0.25) is 0 Å². The van der Waals surface area contributed by atoms with Crippen LogP contribution in [-0.2, 0) is 0 Å². The summed E-state index contributed by atoms with van der Waals surface area (Å²) < 4.78 is 20.7.